The van der Waals surface area contributed by atoms with Gasteiger partial charge in [-0.1, -0.05) is 18.2 Å². The van der Waals surface area contributed by atoms with E-state index in [2.05, 4.69) is 11.1 Å². The second kappa shape index (κ2) is 5.85. The standard InChI is InChI=1S/C16H21N3O2S/c1-3-11-22(20,21)19-10-6-7-13(12-19)16-17-14-8-4-5-9-15(14)18(16)2/h3-5,8-9,13H,1,6-7,10-12H2,2H3. The average Bonchev–Trinajstić information content (AvgIpc) is 2.85. The lowest BCUT2D eigenvalue weighted by atomic mass is 9.99. The number of hydrogen-bond acceptors (Lipinski definition) is 3. The molecule has 5 nitrogen and oxygen atoms in total. The number of aryl methyl sites for hydroxylation is 1. The molecule has 1 unspecified atom stereocenters. The monoisotopic (exact) mass is 319 g/mol. The van der Waals surface area contributed by atoms with Gasteiger partial charge < -0.3 is 4.57 Å². The molecule has 1 aromatic carbocycles. The molecule has 1 fully saturated rings. The molecule has 1 aliphatic rings. The third-order valence-corrected chi connectivity index (χ3v) is 6.07. The van der Waals surface area contributed by atoms with Crippen molar-refractivity contribution in [2.24, 2.45) is 7.05 Å². The maximum atomic E-state index is 12.2. The molecule has 2 heterocycles. The van der Waals surface area contributed by atoms with Crippen molar-refractivity contribution >= 4 is 21.1 Å². The highest BCUT2D eigenvalue weighted by atomic mass is 32.2. The maximum Gasteiger partial charge on any atom is 0.217 e. The van der Waals surface area contributed by atoms with Crippen molar-refractivity contribution in [3.8, 4) is 0 Å². The molecule has 0 amide bonds. The van der Waals surface area contributed by atoms with Gasteiger partial charge in [0, 0.05) is 26.1 Å². The Kier molecular flexibility index (Phi) is 4.06. The molecule has 6 heteroatoms. The Balaban J connectivity index is 1.91. The minimum Gasteiger partial charge on any atom is -0.331 e. The fourth-order valence-electron chi connectivity index (χ4n) is 3.19. The SMILES string of the molecule is C=CCS(=O)(=O)N1CCCC(c2nc3ccccc3n2C)C1. The molecular weight excluding hydrogens is 298 g/mol. The van der Waals surface area contributed by atoms with Gasteiger partial charge in [0.25, 0.3) is 0 Å². The van der Waals surface area contributed by atoms with E-state index in [-0.39, 0.29) is 11.7 Å². The van der Waals surface area contributed by atoms with Crippen molar-refractivity contribution in [2.45, 2.75) is 18.8 Å². The molecule has 0 saturated carbocycles. The van der Waals surface area contributed by atoms with Gasteiger partial charge in [0.1, 0.15) is 5.82 Å². The highest BCUT2D eigenvalue weighted by Gasteiger charge is 2.31. The van der Waals surface area contributed by atoms with E-state index in [0.717, 1.165) is 29.7 Å². The van der Waals surface area contributed by atoms with E-state index in [1.54, 1.807) is 4.31 Å². The lowest BCUT2D eigenvalue weighted by molar-refractivity contribution is 0.308. The maximum absolute atomic E-state index is 12.2. The molecule has 118 valence electrons. The molecule has 22 heavy (non-hydrogen) atoms. The molecule has 1 aromatic heterocycles. The van der Waals surface area contributed by atoms with E-state index in [9.17, 15) is 8.42 Å². The van der Waals surface area contributed by atoms with E-state index >= 15 is 0 Å². The summed E-state index contributed by atoms with van der Waals surface area (Å²) in [4.78, 5) is 4.72. The van der Waals surface area contributed by atoms with Gasteiger partial charge in [0.2, 0.25) is 10.0 Å². The number of benzene rings is 1. The number of sulfonamides is 1. The Morgan fingerprint density at radius 2 is 2.18 bits per heavy atom. The van der Waals surface area contributed by atoms with Gasteiger partial charge in [-0.05, 0) is 25.0 Å². The van der Waals surface area contributed by atoms with E-state index < -0.39 is 10.0 Å². The van der Waals surface area contributed by atoms with Crippen LogP contribution in [0.4, 0.5) is 0 Å². The predicted octanol–water partition coefficient (Wildman–Crippen LogP) is 2.27. The summed E-state index contributed by atoms with van der Waals surface area (Å²) in [6, 6.07) is 8.01. The van der Waals surface area contributed by atoms with Gasteiger partial charge in [0.05, 0.1) is 16.8 Å². The highest BCUT2D eigenvalue weighted by Crippen LogP contribution is 2.29. The Bertz CT molecular complexity index is 795. The molecule has 0 radical (unpaired) electrons. The largest absolute Gasteiger partial charge is 0.331 e. The number of piperidine rings is 1. The first-order valence-corrected chi connectivity index (χ1v) is 9.14. The summed E-state index contributed by atoms with van der Waals surface area (Å²) in [7, 11) is -1.24. The molecule has 2 aromatic rings. The van der Waals surface area contributed by atoms with Gasteiger partial charge in [-0.3, -0.25) is 0 Å². The van der Waals surface area contributed by atoms with Crippen molar-refractivity contribution in [3.05, 3.63) is 42.7 Å². The summed E-state index contributed by atoms with van der Waals surface area (Å²) < 4.78 is 28.2. The predicted molar refractivity (Wildman–Crippen MR) is 88.2 cm³/mol. The second-order valence-electron chi connectivity index (χ2n) is 5.78. The lowest BCUT2D eigenvalue weighted by Crippen LogP contribution is -2.40. The third kappa shape index (κ3) is 2.68. The Morgan fingerprint density at radius 3 is 2.91 bits per heavy atom. The van der Waals surface area contributed by atoms with Crippen LogP contribution in [0, 0.1) is 0 Å². The van der Waals surface area contributed by atoms with E-state index in [1.807, 2.05) is 31.3 Å². The molecule has 0 spiro atoms. The topological polar surface area (TPSA) is 55.2 Å². The summed E-state index contributed by atoms with van der Waals surface area (Å²) in [5.41, 5.74) is 2.05. The lowest BCUT2D eigenvalue weighted by Gasteiger charge is -2.31. The smallest absolute Gasteiger partial charge is 0.217 e. The zero-order chi connectivity index (χ0) is 15.7. The number of aromatic nitrogens is 2. The summed E-state index contributed by atoms with van der Waals surface area (Å²) in [6.07, 6.45) is 3.29. The fourth-order valence-corrected chi connectivity index (χ4v) is 4.51. The van der Waals surface area contributed by atoms with Crippen LogP contribution in [0.1, 0.15) is 24.6 Å². The van der Waals surface area contributed by atoms with Crippen LogP contribution in [0.15, 0.2) is 36.9 Å². The molecule has 0 aliphatic carbocycles. The molecule has 1 aliphatic heterocycles. The Morgan fingerprint density at radius 1 is 1.41 bits per heavy atom. The van der Waals surface area contributed by atoms with Crippen LogP contribution in [0.25, 0.3) is 11.0 Å². The van der Waals surface area contributed by atoms with Crippen LogP contribution in [0.2, 0.25) is 0 Å². The van der Waals surface area contributed by atoms with Crippen molar-refractivity contribution in [2.75, 3.05) is 18.8 Å². The molecule has 3 rings (SSSR count). The van der Waals surface area contributed by atoms with Crippen molar-refractivity contribution < 1.29 is 8.42 Å². The number of para-hydroxylation sites is 2. The molecule has 0 bridgehead atoms. The molecular formula is C16H21N3O2S. The van der Waals surface area contributed by atoms with Crippen LogP contribution >= 0.6 is 0 Å². The second-order valence-corrected chi connectivity index (χ2v) is 7.80. The molecule has 1 saturated heterocycles. The number of rotatable bonds is 4. The summed E-state index contributed by atoms with van der Waals surface area (Å²) in [5, 5.41) is 0. The molecule has 0 N–H and O–H groups in total. The van der Waals surface area contributed by atoms with Crippen LogP contribution in [0.5, 0.6) is 0 Å². The number of hydrogen-bond donors (Lipinski definition) is 0. The van der Waals surface area contributed by atoms with Gasteiger partial charge in [-0.2, -0.15) is 0 Å². The third-order valence-electron chi connectivity index (χ3n) is 4.29. The van der Waals surface area contributed by atoms with Crippen LogP contribution in [-0.4, -0.2) is 41.1 Å². The normalized spacial score (nSPS) is 20.3. The van der Waals surface area contributed by atoms with Gasteiger partial charge in [0.15, 0.2) is 0 Å². The Labute approximate surface area is 131 Å². The fraction of sp³-hybridized carbons (Fsp3) is 0.438. The first-order valence-electron chi connectivity index (χ1n) is 7.53. The van der Waals surface area contributed by atoms with E-state index in [4.69, 9.17) is 4.98 Å². The van der Waals surface area contributed by atoms with Crippen LogP contribution in [-0.2, 0) is 17.1 Å². The summed E-state index contributed by atoms with van der Waals surface area (Å²) in [6.45, 7) is 4.64. The van der Waals surface area contributed by atoms with Crippen LogP contribution in [0.3, 0.4) is 0 Å². The zero-order valence-corrected chi connectivity index (χ0v) is 13.6. The minimum absolute atomic E-state index is 0.00224. The van der Waals surface area contributed by atoms with Crippen molar-refractivity contribution in [1.82, 2.24) is 13.9 Å². The highest BCUT2D eigenvalue weighted by molar-refractivity contribution is 7.89. The summed E-state index contributed by atoms with van der Waals surface area (Å²) >= 11 is 0. The summed E-state index contributed by atoms with van der Waals surface area (Å²) in [5.74, 6) is 1.12. The van der Waals surface area contributed by atoms with Gasteiger partial charge >= 0.3 is 0 Å². The first-order chi connectivity index (χ1) is 10.5. The number of imidazole rings is 1. The van der Waals surface area contributed by atoms with Crippen LogP contribution < -0.4 is 0 Å². The minimum atomic E-state index is -3.24. The number of nitrogens with zero attached hydrogens (tertiary/aromatic N) is 3. The first kappa shape index (κ1) is 15.2. The quantitative estimate of drug-likeness (QED) is 0.812. The van der Waals surface area contributed by atoms with E-state index in [1.165, 1.54) is 6.08 Å². The van der Waals surface area contributed by atoms with Crippen molar-refractivity contribution in [1.29, 1.82) is 0 Å². The average molecular weight is 319 g/mol. The molecule has 1 atom stereocenters. The Hall–Kier alpha value is -1.66. The van der Waals surface area contributed by atoms with E-state index in [0.29, 0.717) is 13.1 Å². The van der Waals surface area contributed by atoms with Crippen molar-refractivity contribution in [3.63, 3.8) is 0 Å². The zero-order valence-electron chi connectivity index (χ0n) is 12.8. The van der Waals surface area contributed by atoms with Gasteiger partial charge in [-0.15, -0.1) is 6.58 Å². The number of fused-ring (bicyclic) bond motifs is 1. The van der Waals surface area contributed by atoms with Gasteiger partial charge in [-0.25, -0.2) is 17.7 Å².